The molecule has 0 spiro atoms. The van der Waals surface area contributed by atoms with Gasteiger partial charge in [0, 0.05) is 46.0 Å². The highest BCUT2D eigenvalue weighted by atomic mass is 16.4. The van der Waals surface area contributed by atoms with Crippen molar-refractivity contribution in [2.75, 3.05) is 26.2 Å². The summed E-state index contributed by atoms with van der Waals surface area (Å²) in [5.41, 5.74) is 1.16. The largest absolute Gasteiger partial charge is 0.465 e. The molecule has 1 aromatic heterocycles. The van der Waals surface area contributed by atoms with Crippen molar-refractivity contribution >= 4 is 6.09 Å². The fourth-order valence-electron chi connectivity index (χ4n) is 1.86. The monoisotopic (exact) mass is 224 g/mol. The van der Waals surface area contributed by atoms with Gasteiger partial charge in [-0.05, 0) is 0 Å². The Bertz CT molecular complexity index is 369. The molecule has 0 unspecified atom stereocenters. The van der Waals surface area contributed by atoms with Crippen molar-refractivity contribution in [1.29, 1.82) is 0 Å². The first-order valence-corrected chi connectivity index (χ1v) is 5.32. The maximum absolute atomic E-state index is 10.7. The predicted octanol–water partition coefficient (Wildman–Crippen LogP) is 0.216. The zero-order chi connectivity index (χ0) is 11.5. The average Bonchev–Trinajstić information content (AvgIpc) is 2.65. The Hall–Kier alpha value is -1.56. The van der Waals surface area contributed by atoms with Gasteiger partial charge >= 0.3 is 6.09 Å². The minimum atomic E-state index is -0.819. The first-order valence-electron chi connectivity index (χ1n) is 5.32. The molecule has 1 N–H and O–H groups in total. The van der Waals surface area contributed by atoms with Crippen LogP contribution in [0.15, 0.2) is 12.5 Å². The topological polar surface area (TPSA) is 61.6 Å². The molecule has 1 amide bonds. The first kappa shape index (κ1) is 10.9. The van der Waals surface area contributed by atoms with Crippen molar-refractivity contribution in [1.82, 2.24) is 19.4 Å². The van der Waals surface area contributed by atoms with Crippen LogP contribution in [0.25, 0.3) is 0 Å². The molecule has 1 aliphatic rings. The van der Waals surface area contributed by atoms with Gasteiger partial charge in [0.2, 0.25) is 0 Å². The van der Waals surface area contributed by atoms with Gasteiger partial charge in [0.1, 0.15) is 0 Å². The smallest absolute Gasteiger partial charge is 0.407 e. The van der Waals surface area contributed by atoms with Crippen molar-refractivity contribution in [3.05, 3.63) is 18.2 Å². The van der Waals surface area contributed by atoms with Crippen LogP contribution in [0.5, 0.6) is 0 Å². The summed E-state index contributed by atoms with van der Waals surface area (Å²) < 4.78 is 1.99. The minimum Gasteiger partial charge on any atom is -0.465 e. The molecule has 6 heteroatoms. The number of rotatable bonds is 2. The molecule has 88 valence electrons. The summed E-state index contributed by atoms with van der Waals surface area (Å²) in [4.78, 5) is 18.5. The zero-order valence-corrected chi connectivity index (χ0v) is 9.33. The number of imidazole rings is 1. The van der Waals surface area contributed by atoms with E-state index in [1.165, 1.54) is 4.90 Å². The average molecular weight is 224 g/mol. The van der Waals surface area contributed by atoms with Crippen LogP contribution < -0.4 is 0 Å². The lowest BCUT2D eigenvalue weighted by Crippen LogP contribution is -2.47. The Labute approximate surface area is 94.1 Å². The van der Waals surface area contributed by atoms with Crippen LogP contribution in [-0.2, 0) is 13.6 Å². The number of aryl methyl sites for hydroxylation is 1. The highest BCUT2D eigenvalue weighted by molar-refractivity contribution is 5.65. The summed E-state index contributed by atoms with van der Waals surface area (Å²) in [6, 6.07) is 0. The Kier molecular flexibility index (Phi) is 3.09. The van der Waals surface area contributed by atoms with Gasteiger partial charge in [-0.25, -0.2) is 9.78 Å². The standard InChI is InChI=1S/C10H16N4O2/c1-12-8-11-6-9(12)7-13-2-4-14(5-3-13)10(15)16/h6,8H,2-5,7H2,1H3,(H,15,16). The summed E-state index contributed by atoms with van der Waals surface area (Å²) in [5.74, 6) is 0. The van der Waals surface area contributed by atoms with E-state index in [0.29, 0.717) is 13.1 Å². The highest BCUT2D eigenvalue weighted by Gasteiger charge is 2.20. The van der Waals surface area contributed by atoms with Gasteiger partial charge in [-0.2, -0.15) is 0 Å². The summed E-state index contributed by atoms with van der Waals surface area (Å²) in [6.45, 7) is 3.60. The second-order valence-corrected chi connectivity index (χ2v) is 4.04. The van der Waals surface area contributed by atoms with Crippen molar-refractivity contribution in [2.24, 2.45) is 7.05 Å². The van der Waals surface area contributed by atoms with Gasteiger partial charge in [-0.15, -0.1) is 0 Å². The van der Waals surface area contributed by atoms with E-state index in [9.17, 15) is 4.79 Å². The molecule has 0 saturated carbocycles. The van der Waals surface area contributed by atoms with Gasteiger partial charge in [0.25, 0.3) is 0 Å². The summed E-state index contributed by atoms with van der Waals surface area (Å²) >= 11 is 0. The SMILES string of the molecule is Cn1cncc1CN1CCN(C(=O)O)CC1. The summed E-state index contributed by atoms with van der Waals surface area (Å²) in [5, 5.41) is 8.82. The molecule has 0 atom stereocenters. The molecular formula is C10H16N4O2. The third kappa shape index (κ3) is 2.33. The molecule has 0 bridgehead atoms. The normalized spacial score (nSPS) is 17.7. The second kappa shape index (κ2) is 4.52. The number of carboxylic acid groups (broad SMARTS) is 1. The van der Waals surface area contributed by atoms with Crippen molar-refractivity contribution in [2.45, 2.75) is 6.54 Å². The fraction of sp³-hybridized carbons (Fsp3) is 0.600. The molecule has 0 radical (unpaired) electrons. The third-order valence-corrected chi connectivity index (χ3v) is 2.94. The van der Waals surface area contributed by atoms with Gasteiger partial charge in [0.05, 0.1) is 12.0 Å². The molecule has 2 rings (SSSR count). The number of nitrogens with zero attached hydrogens (tertiary/aromatic N) is 4. The predicted molar refractivity (Wildman–Crippen MR) is 58.1 cm³/mol. The van der Waals surface area contributed by atoms with Crippen LogP contribution in [0.3, 0.4) is 0 Å². The number of hydrogen-bond acceptors (Lipinski definition) is 3. The van der Waals surface area contributed by atoms with Crippen molar-refractivity contribution in [3.8, 4) is 0 Å². The van der Waals surface area contributed by atoms with E-state index in [2.05, 4.69) is 9.88 Å². The van der Waals surface area contributed by atoms with Crippen LogP contribution in [0.2, 0.25) is 0 Å². The van der Waals surface area contributed by atoms with E-state index in [-0.39, 0.29) is 0 Å². The van der Waals surface area contributed by atoms with Crippen LogP contribution in [0.4, 0.5) is 4.79 Å². The fourth-order valence-corrected chi connectivity index (χ4v) is 1.86. The highest BCUT2D eigenvalue weighted by Crippen LogP contribution is 2.07. The number of carbonyl (C=O) groups is 1. The number of amides is 1. The molecule has 6 nitrogen and oxygen atoms in total. The molecule has 16 heavy (non-hydrogen) atoms. The van der Waals surface area contributed by atoms with Crippen LogP contribution in [0.1, 0.15) is 5.69 Å². The van der Waals surface area contributed by atoms with Crippen molar-refractivity contribution in [3.63, 3.8) is 0 Å². The van der Waals surface area contributed by atoms with E-state index in [1.807, 2.05) is 17.8 Å². The molecule has 0 aliphatic carbocycles. The zero-order valence-electron chi connectivity index (χ0n) is 9.33. The van der Waals surface area contributed by atoms with E-state index in [0.717, 1.165) is 25.3 Å². The number of aromatic nitrogens is 2. The molecule has 1 saturated heterocycles. The van der Waals surface area contributed by atoms with Crippen molar-refractivity contribution < 1.29 is 9.90 Å². The molecule has 0 aromatic carbocycles. The molecule has 1 fully saturated rings. The molecule has 1 aromatic rings. The lowest BCUT2D eigenvalue weighted by atomic mass is 10.3. The lowest BCUT2D eigenvalue weighted by Gasteiger charge is -2.32. The van der Waals surface area contributed by atoms with Crippen LogP contribution in [-0.4, -0.2) is 56.7 Å². The first-order chi connectivity index (χ1) is 7.66. The Morgan fingerprint density at radius 2 is 2.12 bits per heavy atom. The maximum atomic E-state index is 10.7. The van der Waals surface area contributed by atoms with Gasteiger partial charge in [0.15, 0.2) is 0 Å². The summed E-state index contributed by atoms with van der Waals surface area (Å²) in [6.07, 6.45) is 2.81. The van der Waals surface area contributed by atoms with Gasteiger partial charge in [-0.3, -0.25) is 4.90 Å². The minimum absolute atomic E-state index is 0.590. The van der Waals surface area contributed by atoms with Gasteiger partial charge in [-0.1, -0.05) is 0 Å². The van der Waals surface area contributed by atoms with E-state index in [1.54, 1.807) is 6.33 Å². The van der Waals surface area contributed by atoms with E-state index >= 15 is 0 Å². The lowest BCUT2D eigenvalue weighted by molar-refractivity contribution is 0.102. The summed E-state index contributed by atoms with van der Waals surface area (Å²) in [7, 11) is 1.97. The molecular weight excluding hydrogens is 208 g/mol. The molecule has 1 aliphatic heterocycles. The Morgan fingerprint density at radius 1 is 1.44 bits per heavy atom. The second-order valence-electron chi connectivity index (χ2n) is 4.04. The van der Waals surface area contributed by atoms with E-state index in [4.69, 9.17) is 5.11 Å². The Morgan fingerprint density at radius 3 is 2.62 bits per heavy atom. The Balaban J connectivity index is 1.86. The third-order valence-electron chi connectivity index (χ3n) is 2.94. The van der Waals surface area contributed by atoms with Crippen LogP contribution in [0, 0.1) is 0 Å². The van der Waals surface area contributed by atoms with E-state index < -0.39 is 6.09 Å². The van der Waals surface area contributed by atoms with Crippen LogP contribution >= 0.6 is 0 Å². The van der Waals surface area contributed by atoms with Gasteiger partial charge < -0.3 is 14.6 Å². The number of hydrogen-bond donors (Lipinski definition) is 1. The molecule has 2 heterocycles. The maximum Gasteiger partial charge on any atom is 0.407 e. The quantitative estimate of drug-likeness (QED) is 0.780. The number of piperazine rings is 1.